The third kappa shape index (κ3) is 4.41. The molecule has 1 aliphatic heterocycles. The van der Waals surface area contributed by atoms with Crippen LogP contribution < -0.4 is 0 Å². The average molecular weight is 287 g/mol. The van der Waals surface area contributed by atoms with E-state index >= 15 is 0 Å². The van der Waals surface area contributed by atoms with Crippen LogP contribution in [0.3, 0.4) is 0 Å². The van der Waals surface area contributed by atoms with Crippen molar-refractivity contribution in [2.24, 2.45) is 0 Å². The largest absolute Gasteiger partial charge is 0.293 e. The predicted molar refractivity (Wildman–Crippen MR) is 89.0 cm³/mol. The van der Waals surface area contributed by atoms with Gasteiger partial charge in [0.2, 0.25) is 0 Å². The summed E-state index contributed by atoms with van der Waals surface area (Å²) in [5.74, 6) is 0.790. The highest BCUT2D eigenvalue weighted by molar-refractivity contribution is 5.97. The second-order valence-electron chi connectivity index (χ2n) is 6.61. The molecule has 0 aliphatic carbocycles. The number of likely N-dealkylation sites (tertiary alicyclic amines) is 1. The van der Waals surface area contributed by atoms with Crippen LogP contribution in [-0.2, 0) is 0 Å². The zero-order valence-electron chi connectivity index (χ0n) is 13.8. The van der Waals surface area contributed by atoms with E-state index in [2.05, 4.69) is 37.8 Å². The lowest BCUT2D eigenvalue weighted by Gasteiger charge is -2.35. The van der Waals surface area contributed by atoms with Crippen LogP contribution in [0.1, 0.15) is 74.7 Å². The van der Waals surface area contributed by atoms with Gasteiger partial charge in [-0.15, -0.1) is 0 Å². The summed E-state index contributed by atoms with van der Waals surface area (Å²) in [6.45, 7) is 8.27. The fraction of sp³-hybridized carbons (Fsp3) is 0.632. The molecule has 116 valence electrons. The summed E-state index contributed by atoms with van der Waals surface area (Å²) >= 11 is 0. The van der Waals surface area contributed by atoms with Gasteiger partial charge in [-0.25, -0.2) is 0 Å². The molecule has 0 spiro atoms. The van der Waals surface area contributed by atoms with E-state index < -0.39 is 0 Å². The summed E-state index contributed by atoms with van der Waals surface area (Å²) in [6, 6.07) is 8.80. The number of rotatable bonds is 6. The second kappa shape index (κ2) is 7.74. The van der Waals surface area contributed by atoms with E-state index in [-0.39, 0.29) is 5.78 Å². The van der Waals surface area contributed by atoms with Gasteiger partial charge in [0, 0.05) is 11.6 Å². The molecule has 1 atom stereocenters. The molecule has 0 aromatic heterocycles. The lowest BCUT2D eigenvalue weighted by molar-refractivity contribution is 0.0831. The van der Waals surface area contributed by atoms with Crippen LogP contribution in [0, 0.1) is 0 Å². The molecule has 1 aliphatic rings. The molecular formula is C19H29NO. The van der Waals surface area contributed by atoms with E-state index in [0.717, 1.165) is 12.1 Å². The van der Waals surface area contributed by atoms with Gasteiger partial charge in [-0.05, 0) is 37.3 Å². The van der Waals surface area contributed by atoms with E-state index in [9.17, 15) is 4.79 Å². The minimum absolute atomic E-state index is 0.272. The van der Waals surface area contributed by atoms with Crippen molar-refractivity contribution in [1.82, 2.24) is 4.90 Å². The molecule has 1 heterocycles. The van der Waals surface area contributed by atoms with Crippen LogP contribution in [0.25, 0.3) is 0 Å². The van der Waals surface area contributed by atoms with Crippen LogP contribution >= 0.6 is 0 Å². The molecule has 0 saturated carbocycles. The van der Waals surface area contributed by atoms with Gasteiger partial charge in [0.15, 0.2) is 5.78 Å². The van der Waals surface area contributed by atoms with Crippen molar-refractivity contribution in [3.8, 4) is 0 Å². The Bertz CT molecular complexity index is 447. The molecule has 1 unspecified atom stereocenters. The third-order valence-electron chi connectivity index (χ3n) is 4.62. The number of nitrogens with zero attached hydrogens (tertiary/aromatic N) is 1. The first-order valence-corrected chi connectivity index (χ1v) is 8.49. The maximum atomic E-state index is 12.5. The van der Waals surface area contributed by atoms with Gasteiger partial charge in [0.25, 0.3) is 0 Å². The van der Waals surface area contributed by atoms with Crippen LogP contribution in [0.4, 0.5) is 0 Å². The molecule has 0 bridgehead atoms. The Kier molecular flexibility index (Phi) is 5.98. The van der Waals surface area contributed by atoms with Gasteiger partial charge >= 0.3 is 0 Å². The SMILES string of the molecule is CCCC1CCCCN1CC(=O)c1ccc(C(C)C)cc1. The second-order valence-corrected chi connectivity index (χ2v) is 6.61. The van der Waals surface area contributed by atoms with Gasteiger partial charge in [-0.3, -0.25) is 9.69 Å². The Morgan fingerprint density at radius 1 is 1.24 bits per heavy atom. The number of carbonyl (C=O) groups excluding carboxylic acids is 1. The maximum absolute atomic E-state index is 12.5. The van der Waals surface area contributed by atoms with Gasteiger partial charge in [-0.2, -0.15) is 0 Å². The zero-order chi connectivity index (χ0) is 15.2. The van der Waals surface area contributed by atoms with E-state index in [1.165, 1.54) is 37.7 Å². The van der Waals surface area contributed by atoms with Crippen molar-refractivity contribution in [2.75, 3.05) is 13.1 Å². The smallest absolute Gasteiger partial charge is 0.176 e. The molecule has 0 N–H and O–H groups in total. The van der Waals surface area contributed by atoms with Crippen molar-refractivity contribution >= 4 is 5.78 Å². The average Bonchev–Trinajstić information content (AvgIpc) is 2.49. The number of Topliss-reactive ketones (excluding diaryl/α,β-unsaturated/α-hetero) is 1. The molecular weight excluding hydrogens is 258 g/mol. The van der Waals surface area contributed by atoms with Gasteiger partial charge in [-0.1, -0.05) is 57.9 Å². The van der Waals surface area contributed by atoms with Crippen LogP contribution in [-0.4, -0.2) is 29.8 Å². The van der Waals surface area contributed by atoms with Gasteiger partial charge < -0.3 is 0 Å². The lowest BCUT2D eigenvalue weighted by atomic mass is 9.96. The highest BCUT2D eigenvalue weighted by atomic mass is 16.1. The summed E-state index contributed by atoms with van der Waals surface area (Å²) in [5.41, 5.74) is 2.16. The fourth-order valence-electron chi connectivity index (χ4n) is 3.26. The molecule has 2 heteroatoms. The zero-order valence-corrected chi connectivity index (χ0v) is 13.8. The molecule has 0 radical (unpaired) electrons. The van der Waals surface area contributed by atoms with Crippen molar-refractivity contribution in [2.45, 2.75) is 64.8 Å². The number of hydrogen-bond donors (Lipinski definition) is 0. The Balaban J connectivity index is 1.99. The monoisotopic (exact) mass is 287 g/mol. The Morgan fingerprint density at radius 3 is 2.57 bits per heavy atom. The Labute approximate surface area is 129 Å². The lowest BCUT2D eigenvalue weighted by Crippen LogP contribution is -2.42. The summed E-state index contributed by atoms with van der Waals surface area (Å²) in [4.78, 5) is 14.9. The van der Waals surface area contributed by atoms with Crippen molar-refractivity contribution in [1.29, 1.82) is 0 Å². The molecule has 1 aromatic rings. The Morgan fingerprint density at radius 2 is 1.95 bits per heavy atom. The van der Waals surface area contributed by atoms with Gasteiger partial charge in [0.1, 0.15) is 0 Å². The topological polar surface area (TPSA) is 20.3 Å². The molecule has 2 nitrogen and oxygen atoms in total. The fourth-order valence-corrected chi connectivity index (χ4v) is 3.26. The summed E-state index contributed by atoms with van der Waals surface area (Å²) in [7, 11) is 0. The number of carbonyl (C=O) groups is 1. The maximum Gasteiger partial charge on any atom is 0.176 e. The molecule has 0 amide bonds. The van der Waals surface area contributed by atoms with E-state index in [1.807, 2.05) is 12.1 Å². The molecule has 2 rings (SSSR count). The van der Waals surface area contributed by atoms with Crippen molar-refractivity contribution in [3.05, 3.63) is 35.4 Å². The molecule has 1 saturated heterocycles. The third-order valence-corrected chi connectivity index (χ3v) is 4.62. The van der Waals surface area contributed by atoms with Crippen molar-refractivity contribution in [3.63, 3.8) is 0 Å². The number of piperidine rings is 1. The standard InChI is InChI=1S/C19H29NO/c1-4-7-18-8-5-6-13-20(18)14-19(21)17-11-9-16(10-12-17)15(2)3/h9-12,15,18H,4-8,13-14H2,1-3H3. The quantitative estimate of drug-likeness (QED) is 0.710. The normalized spacial score (nSPS) is 19.9. The highest BCUT2D eigenvalue weighted by Crippen LogP contribution is 2.21. The van der Waals surface area contributed by atoms with E-state index in [0.29, 0.717) is 18.5 Å². The minimum atomic E-state index is 0.272. The van der Waals surface area contributed by atoms with Gasteiger partial charge in [0.05, 0.1) is 6.54 Å². The molecule has 21 heavy (non-hydrogen) atoms. The highest BCUT2D eigenvalue weighted by Gasteiger charge is 2.23. The predicted octanol–water partition coefficient (Wildman–Crippen LogP) is 4.65. The number of ketones is 1. The van der Waals surface area contributed by atoms with E-state index in [1.54, 1.807) is 0 Å². The first kappa shape index (κ1) is 16.2. The van der Waals surface area contributed by atoms with Crippen LogP contribution in [0.15, 0.2) is 24.3 Å². The molecule has 1 fully saturated rings. The van der Waals surface area contributed by atoms with Crippen molar-refractivity contribution < 1.29 is 4.79 Å². The Hall–Kier alpha value is -1.15. The van der Waals surface area contributed by atoms with E-state index in [4.69, 9.17) is 0 Å². The van der Waals surface area contributed by atoms with Crippen LogP contribution in [0.5, 0.6) is 0 Å². The summed E-state index contributed by atoms with van der Waals surface area (Å²) < 4.78 is 0. The summed E-state index contributed by atoms with van der Waals surface area (Å²) in [6.07, 6.45) is 6.24. The first-order chi connectivity index (χ1) is 10.1. The minimum Gasteiger partial charge on any atom is -0.293 e. The molecule has 1 aromatic carbocycles. The summed E-state index contributed by atoms with van der Waals surface area (Å²) in [5, 5.41) is 0. The first-order valence-electron chi connectivity index (χ1n) is 8.49. The van der Waals surface area contributed by atoms with Crippen LogP contribution in [0.2, 0.25) is 0 Å². The number of hydrogen-bond acceptors (Lipinski definition) is 2. The number of benzene rings is 1.